The van der Waals surface area contributed by atoms with Crippen LogP contribution in [-0.4, -0.2) is 40.9 Å². The number of alkyl halides is 2. The van der Waals surface area contributed by atoms with Crippen LogP contribution in [-0.2, 0) is 9.53 Å². The number of aliphatic hydroxyl groups excluding tert-OH is 2. The fraction of sp³-hybridized carbons (Fsp3) is 0.962. The molecule has 32 heavy (non-hydrogen) atoms. The highest BCUT2D eigenvalue weighted by atomic mass is 19.3. The maximum absolute atomic E-state index is 14.7. The molecule has 1 saturated heterocycles. The molecule has 0 aromatic heterocycles. The van der Waals surface area contributed by atoms with Crippen molar-refractivity contribution >= 4 is 5.97 Å². The molecule has 4 nitrogen and oxygen atoms in total. The molecule has 4 rings (SSSR count). The molecule has 0 amide bonds. The number of rotatable bonds is 4. The average molecular weight is 457 g/mol. The predicted octanol–water partition coefficient (Wildman–Crippen LogP) is 5.06. The minimum Gasteiger partial charge on any atom is -0.465 e. The second-order valence-corrected chi connectivity index (χ2v) is 12.4. The highest BCUT2D eigenvalue weighted by Gasteiger charge is 2.63. The van der Waals surface area contributed by atoms with E-state index in [0.717, 1.165) is 38.5 Å². The predicted molar refractivity (Wildman–Crippen MR) is 118 cm³/mol. The van der Waals surface area contributed by atoms with Crippen molar-refractivity contribution in [3.8, 4) is 0 Å². The van der Waals surface area contributed by atoms with E-state index in [1.54, 1.807) is 6.92 Å². The lowest BCUT2D eigenvalue weighted by Gasteiger charge is -2.55. The molecular weight excluding hydrogens is 414 g/mol. The number of esters is 1. The second-order valence-electron chi connectivity index (χ2n) is 12.4. The molecule has 0 radical (unpaired) electrons. The summed E-state index contributed by atoms with van der Waals surface area (Å²) in [5.74, 6) is -4.00. The summed E-state index contributed by atoms with van der Waals surface area (Å²) in [4.78, 5) is 12.9. The number of hydrogen-bond donors (Lipinski definition) is 2. The van der Waals surface area contributed by atoms with Gasteiger partial charge in [0.1, 0.15) is 6.10 Å². The quantitative estimate of drug-likeness (QED) is 0.581. The Morgan fingerprint density at radius 1 is 1.03 bits per heavy atom. The van der Waals surface area contributed by atoms with Crippen molar-refractivity contribution in [1.29, 1.82) is 0 Å². The summed E-state index contributed by atoms with van der Waals surface area (Å²) in [5, 5.41) is 20.9. The van der Waals surface area contributed by atoms with Gasteiger partial charge in [-0.15, -0.1) is 0 Å². The molecule has 0 aromatic carbocycles. The van der Waals surface area contributed by atoms with E-state index in [1.165, 1.54) is 13.8 Å². The Morgan fingerprint density at radius 3 is 2.31 bits per heavy atom. The van der Waals surface area contributed by atoms with Gasteiger partial charge in [0.15, 0.2) is 0 Å². The van der Waals surface area contributed by atoms with Crippen molar-refractivity contribution in [2.75, 3.05) is 6.61 Å². The highest BCUT2D eigenvalue weighted by molar-refractivity contribution is 5.74. The monoisotopic (exact) mass is 456 g/mol. The summed E-state index contributed by atoms with van der Waals surface area (Å²) in [7, 11) is 0. The van der Waals surface area contributed by atoms with E-state index >= 15 is 0 Å². The van der Waals surface area contributed by atoms with E-state index in [4.69, 9.17) is 4.74 Å². The van der Waals surface area contributed by atoms with Gasteiger partial charge in [-0.2, -0.15) is 0 Å². The van der Waals surface area contributed by atoms with Crippen LogP contribution in [0.3, 0.4) is 0 Å². The van der Waals surface area contributed by atoms with Gasteiger partial charge >= 0.3 is 5.97 Å². The van der Waals surface area contributed by atoms with E-state index in [-0.39, 0.29) is 34.6 Å². The molecular formula is C26H42F2O4. The molecule has 10 atom stereocenters. The first kappa shape index (κ1) is 24.4. The normalized spacial score (nSPS) is 46.5. The molecule has 184 valence electrons. The summed E-state index contributed by atoms with van der Waals surface area (Å²) < 4.78 is 35.2. The van der Waals surface area contributed by atoms with Crippen LogP contribution >= 0.6 is 0 Å². The largest absolute Gasteiger partial charge is 0.465 e. The van der Waals surface area contributed by atoms with E-state index in [9.17, 15) is 23.8 Å². The summed E-state index contributed by atoms with van der Waals surface area (Å²) in [6.45, 7) is 9.60. The first-order chi connectivity index (χ1) is 14.8. The molecule has 1 unspecified atom stereocenters. The fourth-order valence-electron chi connectivity index (χ4n) is 8.55. The van der Waals surface area contributed by atoms with Crippen molar-refractivity contribution in [3.63, 3.8) is 0 Å². The van der Waals surface area contributed by atoms with Gasteiger partial charge in [-0.05, 0) is 85.4 Å². The lowest BCUT2D eigenvalue weighted by molar-refractivity contribution is -0.173. The number of fused-ring (bicyclic) bond motifs is 5. The highest BCUT2D eigenvalue weighted by Crippen LogP contribution is 2.66. The molecule has 3 saturated carbocycles. The first-order valence-corrected chi connectivity index (χ1v) is 12.7. The second kappa shape index (κ2) is 8.18. The molecule has 1 heterocycles. The maximum atomic E-state index is 14.7. The zero-order valence-electron chi connectivity index (χ0n) is 20.3. The molecule has 4 fully saturated rings. The summed E-state index contributed by atoms with van der Waals surface area (Å²) in [6.07, 6.45) is 3.62. The van der Waals surface area contributed by atoms with Gasteiger partial charge < -0.3 is 14.9 Å². The number of aliphatic hydroxyl groups is 2. The topological polar surface area (TPSA) is 66.8 Å². The minimum absolute atomic E-state index is 0.0313. The SMILES string of the molecule is CC(C)C(F)(F)[C@H](O)[C@@H](C)[C@H]1CC[C@H]2C3COC(=O)[C@H]4C[C@H](O)CC[C@]4(C)[C@H]3CC[C@]12C. The zero-order chi connectivity index (χ0) is 23.6. The minimum atomic E-state index is -3.10. The van der Waals surface area contributed by atoms with Gasteiger partial charge in [-0.1, -0.05) is 34.6 Å². The number of ether oxygens (including phenoxy) is 1. The van der Waals surface area contributed by atoms with Crippen molar-refractivity contribution in [3.05, 3.63) is 0 Å². The summed E-state index contributed by atoms with van der Waals surface area (Å²) in [5.41, 5.74) is -0.307. The molecule has 4 aliphatic rings. The van der Waals surface area contributed by atoms with Gasteiger partial charge in [0.05, 0.1) is 18.6 Å². The van der Waals surface area contributed by atoms with E-state index in [1.807, 2.05) is 0 Å². The van der Waals surface area contributed by atoms with Gasteiger partial charge in [-0.25, -0.2) is 8.78 Å². The number of cyclic esters (lactones) is 1. The first-order valence-electron chi connectivity index (χ1n) is 12.7. The van der Waals surface area contributed by atoms with Gasteiger partial charge in [0.25, 0.3) is 5.92 Å². The molecule has 3 aliphatic carbocycles. The fourth-order valence-corrected chi connectivity index (χ4v) is 8.55. The Balaban J connectivity index is 1.60. The number of carbonyl (C=O) groups is 1. The molecule has 0 spiro atoms. The van der Waals surface area contributed by atoms with Gasteiger partial charge in [0.2, 0.25) is 0 Å². The molecule has 2 N–H and O–H groups in total. The lowest BCUT2D eigenvalue weighted by atomic mass is 9.48. The Kier molecular flexibility index (Phi) is 6.23. The molecule has 1 aliphatic heterocycles. The standard InChI is InChI=1S/C26H42F2O4/c1-14(2)26(27,28)22(30)15(3)18-6-7-19-17-13-32-23(31)21-12-16(29)8-10-25(21,5)20(17)9-11-24(18,19)4/h14-22,29-30H,6-13H2,1-5H3/t15-,16+,17?,18+,19-,20-,21+,22+,24+,25+/m0/s1. The molecule has 0 aromatic rings. The maximum Gasteiger partial charge on any atom is 0.309 e. The number of carbonyl (C=O) groups excluding carboxylic acids is 1. The van der Waals surface area contributed by atoms with Crippen LogP contribution < -0.4 is 0 Å². The Labute approximate surface area is 191 Å². The van der Waals surface area contributed by atoms with Gasteiger partial charge in [0, 0.05) is 5.92 Å². The third-order valence-corrected chi connectivity index (χ3v) is 10.7. The van der Waals surface area contributed by atoms with Crippen LogP contribution in [0.15, 0.2) is 0 Å². The Morgan fingerprint density at radius 2 is 1.66 bits per heavy atom. The Bertz CT molecular complexity index is 727. The zero-order valence-corrected chi connectivity index (χ0v) is 20.3. The van der Waals surface area contributed by atoms with Gasteiger partial charge in [-0.3, -0.25) is 4.79 Å². The van der Waals surface area contributed by atoms with Crippen LogP contribution in [0.1, 0.15) is 79.6 Å². The van der Waals surface area contributed by atoms with Crippen LogP contribution in [0, 0.1) is 52.3 Å². The van der Waals surface area contributed by atoms with Crippen LogP contribution in [0.25, 0.3) is 0 Å². The number of halogens is 2. The van der Waals surface area contributed by atoms with Crippen LogP contribution in [0.4, 0.5) is 8.78 Å². The van der Waals surface area contributed by atoms with Crippen LogP contribution in [0.2, 0.25) is 0 Å². The Hall–Kier alpha value is -0.750. The number of hydrogen-bond acceptors (Lipinski definition) is 4. The van der Waals surface area contributed by atoms with Crippen molar-refractivity contribution in [1.82, 2.24) is 0 Å². The molecule has 6 heteroatoms. The summed E-state index contributed by atoms with van der Waals surface area (Å²) in [6, 6.07) is 0. The van der Waals surface area contributed by atoms with E-state index in [0.29, 0.717) is 24.9 Å². The molecule has 0 bridgehead atoms. The summed E-state index contributed by atoms with van der Waals surface area (Å²) >= 11 is 0. The van der Waals surface area contributed by atoms with E-state index in [2.05, 4.69) is 13.8 Å². The lowest BCUT2D eigenvalue weighted by Crippen LogP contribution is -2.53. The van der Waals surface area contributed by atoms with Crippen LogP contribution in [0.5, 0.6) is 0 Å². The third kappa shape index (κ3) is 3.54. The van der Waals surface area contributed by atoms with Crippen molar-refractivity contribution in [2.45, 2.75) is 97.7 Å². The van der Waals surface area contributed by atoms with Crippen molar-refractivity contribution in [2.24, 2.45) is 52.3 Å². The van der Waals surface area contributed by atoms with E-state index < -0.39 is 30.0 Å². The average Bonchev–Trinajstić information content (AvgIpc) is 3.04. The smallest absolute Gasteiger partial charge is 0.309 e. The third-order valence-electron chi connectivity index (χ3n) is 10.7. The van der Waals surface area contributed by atoms with Crippen molar-refractivity contribution < 1.29 is 28.5 Å².